The second-order valence-electron chi connectivity index (χ2n) is 7.57. The van der Waals surface area contributed by atoms with Gasteiger partial charge in [-0.25, -0.2) is 14.4 Å². The largest absolute Gasteiger partial charge is 0.381 e. The van der Waals surface area contributed by atoms with E-state index >= 15 is 0 Å². The lowest BCUT2D eigenvalue weighted by molar-refractivity contribution is -0.0979. The maximum Gasteiger partial charge on any atom is 0.149 e. The van der Waals surface area contributed by atoms with Crippen LogP contribution in [-0.4, -0.2) is 56.7 Å². The zero-order valence-electron chi connectivity index (χ0n) is 20.6. The first-order valence-corrected chi connectivity index (χ1v) is 12.4. The highest BCUT2D eigenvalue weighted by molar-refractivity contribution is 6.33. The van der Waals surface area contributed by atoms with E-state index in [2.05, 4.69) is 25.9 Å². The van der Waals surface area contributed by atoms with Crippen LogP contribution in [0.5, 0.6) is 0 Å². The molecule has 2 aromatic rings. The summed E-state index contributed by atoms with van der Waals surface area (Å²) in [7, 11) is 1.75. The Hall–Kier alpha value is -2.29. The fourth-order valence-corrected chi connectivity index (χ4v) is 3.68. The number of pyridine rings is 2. The van der Waals surface area contributed by atoms with Gasteiger partial charge in [-0.3, -0.25) is 0 Å². The van der Waals surface area contributed by atoms with E-state index in [0.29, 0.717) is 28.1 Å². The average Bonchev–Trinajstić information content (AvgIpc) is 2.93. The number of ether oxygens (including phenoxy) is 1. The first-order chi connectivity index (χ1) is 16.7. The van der Waals surface area contributed by atoms with Gasteiger partial charge in [-0.05, 0) is 62.9 Å². The number of nitrogens with zero attached hydrogens (tertiary/aromatic N) is 2. The van der Waals surface area contributed by atoms with Gasteiger partial charge in [-0.15, -0.1) is 0 Å². The topological polar surface area (TPSA) is 88.2 Å². The molecule has 0 saturated carbocycles. The number of aromatic nitrogens is 2. The number of anilines is 2. The molecule has 0 aliphatic carbocycles. The molecule has 0 atom stereocenters. The third-order valence-electron chi connectivity index (χ3n) is 5.33. The van der Waals surface area contributed by atoms with Crippen LogP contribution in [0, 0.1) is 11.7 Å². The molecule has 9 heteroatoms. The van der Waals surface area contributed by atoms with Crippen LogP contribution < -0.4 is 16.0 Å². The number of hydrogen-bond acceptors (Lipinski definition) is 7. The molecule has 2 fully saturated rings. The van der Waals surface area contributed by atoms with Crippen LogP contribution in [0.2, 0.25) is 5.02 Å². The van der Waals surface area contributed by atoms with Gasteiger partial charge in [0.05, 0.1) is 5.02 Å². The standard InChI is InChI=1S/C17H20ClFN4O.C5H11N.C2H6.CH2O/c1-20-16-8-12(13(18)10-22-16)17-14(19)2-3-15(23-17)21-9-11-4-6-24-7-5-11;1-2-4-6-5-3-1;2*1-2/h2-3,8,10-11H,4-7,9H2,1H3,(H,20,22)(H,21,23);6H,1-5H2;1-2H3;1H2. The SMILES string of the molecule is C1CCNCC1.C=O.CC.CNc1cc(-c2nc(NCC3CCOCC3)ccc2F)c(Cl)cn1. The van der Waals surface area contributed by atoms with E-state index < -0.39 is 5.82 Å². The highest BCUT2D eigenvalue weighted by Gasteiger charge is 2.16. The van der Waals surface area contributed by atoms with Crippen LogP contribution in [0.25, 0.3) is 11.3 Å². The second-order valence-corrected chi connectivity index (χ2v) is 7.98. The summed E-state index contributed by atoms with van der Waals surface area (Å²) < 4.78 is 19.6. The fraction of sp³-hybridized carbons (Fsp3) is 0.560. The molecule has 2 aromatic heterocycles. The molecule has 4 heterocycles. The lowest BCUT2D eigenvalue weighted by atomic mass is 10.0. The summed E-state index contributed by atoms with van der Waals surface area (Å²) >= 11 is 6.18. The number of hydrogen-bond donors (Lipinski definition) is 3. The second kappa shape index (κ2) is 18.1. The first kappa shape index (κ1) is 29.7. The van der Waals surface area contributed by atoms with Gasteiger partial charge in [0.1, 0.15) is 29.9 Å². The number of halogens is 2. The van der Waals surface area contributed by atoms with Crippen LogP contribution in [0.1, 0.15) is 46.0 Å². The zero-order chi connectivity index (χ0) is 25.2. The Balaban J connectivity index is 0.000000489. The molecule has 3 N–H and O–H groups in total. The third kappa shape index (κ3) is 10.3. The summed E-state index contributed by atoms with van der Waals surface area (Å²) in [5.41, 5.74) is 0.735. The van der Waals surface area contributed by atoms with Crippen molar-refractivity contribution in [1.82, 2.24) is 15.3 Å². The van der Waals surface area contributed by atoms with Gasteiger partial charge in [0.2, 0.25) is 0 Å². The molecular weight excluding hydrogens is 457 g/mol. The number of rotatable bonds is 5. The van der Waals surface area contributed by atoms with Crippen LogP contribution >= 0.6 is 11.6 Å². The number of carbonyl (C=O) groups excluding carboxylic acids is 1. The van der Waals surface area contributed by atoms with E-state index in [0.717, 1.165) is 32.6 Å². The summed E-state index contributed by atoms with van der Waals surface area (Å²) in [6.45, 7) is 10.9. The molecule has 2 aliphatic rings. The summed E-state index contributed by atoms with van der Waals surface area (Å²) in [4.78, 5) is 16.5. The maximum atomic E-state index is 14.3. The van der Waals surface area contributed by atoms with Gasteiger partial charge in [0.15, 0.2) is 0 Å². The Kier molecular flexibility index (Phi) is 15.8. The van der Waals surface area contributed by atoms with E-state index in [9.17, 15) is 4.39 Å². The Labute approximate surface area is 208 Å². The Morgan fingerprint density at radius 3 is 2.38 bits per heavy atom. The van der Waals surface area contributed by atoms with Crippen molar-refractivity contribution in [3.8, 4) is 11.3 Å². The van der Waals surface area contributed by atoms with Crippen LogP contribution in [0.15, 0.2) is 24.4 Å². The summed E-state index contributed by atoms with van der Waals surface area (Å²) in [6, 6.07) is 4.74. The molecule has 190 valence electrons. The van der Waals surface area contributed by atoms with Crippen molar-refractivity contribution in [2.75, 3.05) is 50.5 Å². The van der Waals surface area contributed by atoms with Gasteiger partial charge in [0, 0.05) is 38.6 Å². The predicted octanol–water partition coefficient (Wildman–Crippen LogP) is 5.42. The lowest BCUT2D eigenvalue weighted by Gasteiger charge is -2.22. The van der Waals surface area contributed by atoms with Crippen molar-refractivity contribution in [2.24, 2.45) is 5.92 Å². The number of nitrogens with one attached hydrogen (secondary N) is 3. The van der Waals surface area contributed by atoms with E-state index in [4.69, 9.17) is 21.1 Å². The Bertz CT molecular complexity index is 806. The first-order valence-electron chi connectivity index (χ1n) is 12.0. The van der Waals surface area contributed by atoms with Crippen LogP contribution in [-0.2, 0) is 9.53 Å². The summed E-state index contributed by atoms with van der Waals surface area (Å²) in [6.07, 6.45) is 7.77. The molecule has 4 rings (SSSR count). The minimum absolute atomic E-state index is 0.218. The normalized spacial score (nSPS) is 15.3. The Morgan fingerprint density at radius 1 is 1.15 bits per heavy atom. The van der Waals surface area contributed by atoms with Gasteiger partial charge in [0.25, 0.3) is 0 Å². The summed E-state index contributed by atoms with van der Waals surface area (Å²) in [5, 5.41) is 9.86. The maximum absolute atomic E-state index is 14.3. The van der Waals surface area contributed by atoms with Crippen molar-refractivity contribution in [1.29, 1.82) is 0 Å². The molecule has 7 nitrogen and oxygen atoms in total. The third-order valence-corrected chi connectivity index (χ3v) is 5.63. The van der Waals surface area contributed by atoms with E-state index in [1.807, 2.05) is 20.6 Å². The number of carbonyl (C=O) groups is 1. The zero-order valence-corrected chi connectivity index (χ0v) is 21.4. The van der Waals surface area contributed by atoms with E-state index in [-0.39, 0.29) is 5.69 Å². The van der Waals surface area contributed by atoms with Crippen molar-refractivity contribution >= 4 is 30.0 Å². The van der Waals surface area contributed by atoms with E-state index in [1.54, 1.807) is 19.2 Å². The molecule has 2 saturated heterocycles. The summed E-state index contributed by atoms with van der Waals surface area (Å²) in [5.74, 6) is 1.38. The lowest BCUT2D eigenvalue weighted by Crippen LogP contribution is -2.23. The van der Waals surface area contributed by atoms with Crippen molar-refractivity contribution in [3.63, 3.8) is 0 Å². The molecule has 34 heavy (non-hydrogen) atoms. The monoisotopic (exact) mass is 495 g/mol. The minimum atomic E-state index is -0.415. The van der Waals surface area contributed by atoms with Gasteiger partial charge in [-0.1, -0.05) is 31.9 Å². The Morgan fingerprint density at radius 2 is 1.82 bits per heavy atom. The molecule has 0 radical (unpaired) electrons. The fourth-order valence-electron chi connectivity index (χ4n) is 3.49. The molecule has 0 amide bonds. The highest BCUT2D eigenvalue weighted by Crippen LogP contribution is 2.30. The number of piperidine rings is 1. The van der Waals surface area contributed by atoms with Gasteiger partial charge < -0.3 is 25.5 Å². The van der Waals surface area contributed by atoms with Crippen LogP contribution in [0.3, 0.4) is 0 Å². The molecule has 0 unspecified atom stereocenters. The smallest absolute Gasteiger partial charge is 0.149 e. The highest BCUT2D eigenvalue weighted by atomic mass is 35.5. The molecule has 0 bridgehead atoms. The molecular formula is C25H39ClFN5O2. The minimum Gasteiger partial charge on any atom is -0.381 e. The molecule has 2 aliphatic heterocycles. The average molecular weight is 496 g/mol. The van der Waals surface area contributed by atoms with Gasteiger partial charge >= 0.3 is 0 Å². The quantitative estimate of drug-likeness (QED) is 0.510. The van der Waals surface area contributed by atoms with Crippen molar-refractivity contribution < 1.29 is 13.9 Å². The van der Waals surface area contributed by atoms with Crippen molar-refractivity contribution in [3.05, 3.63) is 35.2 Å². The molecule has 0 spiro atoms. The van der Waals surface area contributed by atoms with E-state index in [1.165, 1.54) is 44.6 Å². The van der Waals surface area contributed by atoms with Gasteiger partial charge in [-0.2, -0.15) is 0 Å². The molecule has 0 aromatic carbocycles. The van der Waals surface area contributed by atoms with Crippen molar-refractivity contribution in [2.45, 2.75) is 46.0 Å². The predicted molar refractivity (Wildman–Crippen MR) is 139 cm³/mol. The van der Waals surface area contributed by atoms with Crippen LogP contribution in [0.4, 0.5) is 16.0 Å².